The van der Waals surface area contributed by atoms with Crippen molar-refractivity contribution >= 4 is 5.97 Å². The molecule has 1 fully saturated rings. The molecule has 0 bridgehead atoms. The van der Waals surface area contributed by atoms with Crippen LogP contribution in [-0.2, 0) is 16.1 Å². The maximum absolute atomic E-state index is 11.7. The molecule has 1 saturated heterocycles. The zero-order valence-corrected chi connectivity index (χ0v) is 11.1. The number of nitrogens with zero attached hydrogens (tertiary/aromatic N) is 1. The van der Waals surface area contributed by atoms with Gasteiger partial charge in [-0.1, -0.05) is 43.7 Å². The molecule has 3 heteroatoms. The molecule has 0 spiro atoms. The molecule has 0 aromatic heterocycles. The van der Waals surface area contributed by atoms with Crippen molar-refractivity contribution in [2.45, 2.75) is 19.9 Å². The second kappa shape index (κ2) is 6.01. The second-order valence-electron chi connectivity index (χ2n) is 4.98. The van der Waals surface area contributed by atoms with Gasteiger partial charge in [-0.25, -0.2) is 0 Å². The lowest BCUT2D eigenvalue weighted by Gasteiger charge is -2.15. The molecule has 0 N–H and O–H groups in total. The van der Waals surface area contributed by atoms with E-state index in [-0.39, 0.29) is 11.9 Å². The Morgan fingerprint density at radius 1 is 1.33 bits per heavy atom. The summed E-state index contributed by atoms with van der Waals surface area (Å²) in [6, 6.07) is 10.4. The Hall–Kier alpha value is -1.35. The second-order valence-corrected chi connectivity index (χ2v) is 4.98. The molecular formula is C15H21NO2. The predicted octanol–water partition coefficient (Wildman–Crippen LogP) is 2.32. The molecule has 1 aromatic carbocycles. The monoisotopic (exact) mass is 247 g/mol. The molecule has 1 aliphatic rings. The molecule has 3 nitrogen and oxygen atoms in total. The summed E-state index contributed by atoms with van der Waals surface area (Å²) >= 11 is 0. The molecule has 1 aliphatic heterocycles. The van der Waals surface area contributed by atoms with Crippen molar-refractivity contribution in [3.05, 3.63) is 35.9 Å². The number of carbonyl (C=O) groups excluding carboxylic acids is 1. The standard InChI is InChI=1S/C15H21NO2/c1-3-13-10-16(11-14(13)15(17)18-2)9-12-7-5-4-6-8-12/h4-8,13-14H,3,9-11H2,1-2H3/t13-,14-/m0/s1. The van der Waals surface area contributed by atoms with Gasteiger partial charge in [-0.05, 0) is 11.5 Å². The van der Waals surface area contributed by atoms with Crippen molar-refractivity contribution in [2.75, 3.05) is 20.2 Å². The van der Waals surface area contributed by atoms with Crippen molar-refractivity contribution in [2.24, 2.45) is 11.8 Å². The topological polar surface area (TPSA) is 29.5 Å². The van der Waals surface area contributed by atoms with Gasteiger partial charge in [0.05, 0.1) is 13.0 Å². The number of benzene rings is 1. The summed E-state index contributed by atoms with van der Waals surface area (Å²) in [6.07, 6.45) is 1.03. The Kier molecular flexibility index (Phi) is 4.37. The van der Waals surface area contributed by atoms with Crippen molar-refractivity contribution in [3.63, 3.8) is 0 Å². The molecule has 1 aromatic rings. The summed E-state index contributed by atoms with van der Waals surface area (Å²) in [5, 5.41) is 0. The third-order valence-corrected chi connectivity index (χ3v) is 3.79. The van der Waals surface area contributed by atoms with Crippen molar-refractivity contribution in [1.29, 1.82) is 0 Å². The Labute approximate surface area is 109 Å². The quantitative estimate of drug-likeness (QED) is 0.765. The van der Waals surface area contributed by atoms with Crippen LogP contribution in [0, 0.1) is 11.8 Å². The summed E-state index contributed by atoms with van der Waals surface area (Å²) in [7, 11) is 1.48. The maximum atomic E-state index is 11.7. The van der Waals surface area contributed by atoms with Crippen LogP contribution < -0.4 is 0 Å². The molecule has 2 atom stereocenters. The third-order valence-electron chi connectivity index (χ3n) is 3.79. The van der Waals surface area contributed by atoms with Gasteiger partial charge in [0, 0.05) is 19.6 Å². The number of rotatable bonds is 4. The lowest BCUT2D eigenvalue weighted by molar-refractivity contribution is -0.146. The summed E-state index contributed by atoms with van der Waals surface area (Å²) in [6.45, 7) is 4.88. The van der Waals surface area contributed by atoms with E-state index in [1.54, 1.807) is 0 Å². The number of hydrogen-bond acceptors (Lipinski definition) is 3. The smallest absolute Gasteiger partial charge is 0.310 e. The molecule has 18 heavy (non-hydrogen) atoms. The minimum absolute atomic E-state index is 0.0451. The molecule has 0 radical (unpaired) electrons. The lowest BCUT2D eigenvalue weighted by Crippen LogP contribution is -2.24. The molecule has 98 valence electrons. The molecule has 1 heterocycles. The molecule has 2 rings (SSSR count). The number of hydrogen-bond donors (Lipinski definition) is 0. The zero-order chi connectivity index (χ0) is 13.0. The molecule has 0 saturated carbocycles. The average Bonchev–Trinajstić information content (AvgIpc) is 2.82. The van der Waals surface area contributed by atoms with Gasteiger partial charge in [-0.15, -0.1) is 0 Å². The zero-order valence-electron chi connectivity index (χ0n) is 11.1. The minimum Gasteiger partial charge on any atom is -0.469 e. The Morgan fingerprint density at radius 2 is 2.06 bits per heavy atom. The van der Waals surface area contributed by atoms with Crippen LogP contribution in [0.1, 0.15) is 18.9 Å². The summed E-state index contributed by atoms with van der Waals surface area (Å²) in [4.78, 5) is 14.1. The van der Waals surface area contributed by atoms with Gasteiger partial charge in [0.15, 0.2) is 0 Å². The first-order chi connectivity index (χ1) is 8.74. The minimum atomic E-state index is -0.0580. The number of carbonyl (C=O) groups is 1. The highest BCUT2D eigenvalue weighted by molar-refractivity contribution is 5.73. The third kappa shape index (κ3) is 2.91. The van der Waals surface area contributed by atoms with Crippen LogP contribution in [0.2, 0.25) is 0 Å². The predicted molar refractivity (Wildman–Crippen MR) is 71.0 cm³/mol. The van der Waals surface area contributed by atoms with E-state index in [0.29, 0.717) is 5.92 Å². The Bertz CT molecular complexity index is 391. The first-order valence-corrected chi connectivity index (χ1v) is 6.58. The van der Waals surface area contributed by atoms with Crippen LogP contribution in [0.15, 0.2) is 30.3 Å². The van der Waals surface area contributed by atoms with E-state index in [1.807, 2.05) is 6.07 Å². The van der Waals surface area contributed by atoms with E-state index in [1.165, 1.54) is 12.7 Å². The largest absolute Gasteiger partial charge is 0.469 e. The fourth-order valence-electron chi connectivity index (χ4n) is 2.76. The highest BCUT2D eigenvalue weighted by atomic mass is 16.5. The fourth-order valence-corrected chi connectivity index (χ4v) is 2.76. The van der Waals surface area contributed by atoms with Gasteiger partial charge in [-0.2, -0.15) is 0 Å². The first kappa shape index (κ1) is 13.1. The van der Waals surface area contributed by atoms with Crippen LogP contribution in [0.25, 0.3) is 0 Å². The van der Waals surface area contributed by atoms with Crippen LogP contribution in [0.4, 0.5) is 0 Å². The molecular weight excluding hydrogens is 226 g/mol. The van der Waals surface area contributed by atoms with Crippen molar-refractivity contribution in [3.8, 4) is 0 Å². The fraction of sp³-hybridized carbons (Fsp3) is 0.533. The van der Waals surface area contributed by atoms with Gasteiger partial charge >= 0.3 is 5.97 Å². The maximum Gasteiger partial charge on any atom is 0.310 e. The highest BCUT2D eigenvalue weighted by Gasteiger charge is 2.36. The first-order valence-electron chi connectivity index (χ1n) is 6.58. The Morgan fingerprint density at radius 3 is 2.67 bits per heavy atom. The van der Waals surface area contributed by atoms with Gasteiger partial charge in [0.25, 0.3) is 0 Å². The number of likely N-dealkylation sites (tertiary alicyclic amines) is 1. The van der Waals surface area contributed by atoms with Crippen molar-refractivity contribution < 1.29 is 9.53 Å². The van der Waals surface area contributed by atoms with Gasteiger partial charge in [0.1, 0.15) is 0 Å². The number of methoxy groups -OCH3 is 1. The van der Waals surface area contributed by atoms with Gasteiger partial charge in [-0.3, -0.25) is 9.69 Å². The summed E-state index contributed by atoms with van der Waals surface area (Å²) < 4.78 is 4.90. The van der Waals surface area contributed by atoms with Crippen molar-refractivity contribution in [1.82, 2.24) is 4.90 Å². The SMILES string of the molecule is CC[C@H]1CN(Cc2ccccc2)C[C@@H]1C(=O)OC. The highest BCUT2D eigenvalue weighted by Crippen LogP contribution is 2.28. The molecule has 0 amide bonds. The van der Waals surface area contributed by atoms with E-state index >= 15 is 0 Å². The van der Waals surface area contributed by atoms with Gasteiger partial charge in [0.2, 0.25) is 0 Å². The summed E-state index contributed by atoms with van der Waals surface area (Å²) in [5.74, 6) is 0.419. The number of esters is 1. The summed E-state index contributed by atoms with van der Waals surface area (Å²) in [5.41, 5.74) is 1.30. The van der Waals surface area contributed by atoms with Gasteiger partial charge < -0.3 is 4.74 Å². The molecule has 0 aliphatic carbocycles. The van der Waals surface area contributed by atoms with E-state index in [4.69, 9.17) is 4.74 Å². The van der Waals surface area contributed by atoms with Crippen LogP contribution in [0.5, 0.6) is 0 Å². The Balaban J connectivity index is 1.99. The van der Waals surface area contributed by atoms with E-state index < -0.39 is 0 Å². The van der Waals surface area contributed by atoms with E-state index in [2.05, 4.69) is 36.1 Å². The van der Waals surface area contributed by atoms with Crippen LogP contribution in [0.3, 0.4) is 0 Å². The molecule has 0 unspecified atom stereocenters. The van der Waals surface area contributed by atoms with E-state index in [0.717, 1.165) is 26.1 Å². The average molecular weight is 247 g/mol. The van der Waals surface area contributed by atoms with Crippen LogP contribution >= 0.6 is 0 Å². The number of ether oxygens (including phenoxy) is 1. The van der Waals surface area contributed by atoms with E-state index in [9.17, 15) is 4.79 Å². The van der Waals surface area contributed by atoms with Crippen LogP contribution in [-0.4, -0.2) is 31.1 Å². The lowest BCUT2D eigenvalue weighted by atomic mass is 9.94. The normalized spacial score (nSPS) is 24.1.